The van der Waals surface area contributed by atoms with Gasteiger partial charge in [-0.2, -0.15) is 0 Å². The zero-order chi connectivity index (χ0) is 17.1. The molecule has 1 N–H and O–H groups in total. The van der Waals surface area contributed by atoms with Gasteiger partial charge in [0.15, 0.2) is 0 Å². The number of carbonyl (C=O) groups is 2. The van der Waals surface area contributed by atoms with Gasteiger partial charge in [-0.05, 0) is 17.4 Å². The Morgan fingerprint density at radius 1 is 1.46 bits per heavy atom. The molecule has 2 aromatic heterocycles. The first-order valence-corrected chi connectivity index (χ1v) is 9.01. The average molecular weight is 346 g/mol. The highest BCUT2D eigenvalue weighted by molar-refractivity contribution is 7.09. The summed E-state index contributed by atoms with van der Waals surface area (Å²) in [5.41, 5.74) is 0.898. The SMILES string of the molecule is CC(C)CC(=O)N1Cc2cncn2[C@H](C(=O)NCc2cccs2)C1. The third-order valence-electron chi connectivity index (χ3n) is 4.08. The van der Waals surface area contributed by atoms with Gasteiger partial charge >= 0.3 is 0 Å². The molecule has 128 valence electrons. The van der Waals surface area contributed by atoms with E-state index in [2.05, 4.69) is 10.3 Å². The van der Waals surface area contributed by atoms with Gasteiger partial charge in [-0.3, -0.25) is 9.59 Å². The highest BCUT2D eigenvalue weighted by Crippen LogP contribution is 2.22. The van der Waals surface area contributed by atoms with Gasteiger partial charge in [0.05, 0.1) is 31.7 Å². The van der Waals surface area contributed by atoms with E-state index in [1.54, 1.807) is 28.8 Å². The van der Waals surface area contributed by atoms with Gasteiger partial charge in [0.2, 0.25) is 11.8 Å². The van der Waals surface area contributed by atoms with Crippen LogP contribution in [-0.2, 0) is 22.7 Å². The van der Waals surface area contributed by atoms with Crippen LogP contribution in [0, 0.1) is 5.92 Å². The molecule has 2 aromatic rings. The molecule has 1 aliphatic rings. The van der Waals surface area contributed by atoms with Gasteiger partial charge in [-0.25, -0.2) is 4.98 Å². The fourth-order valence-corrected chi connectivity index (χ4v) is 3.52. The van der Waals surface area contributed by atoms with Crippen molar-refractivity contribution < 1.29 is 9.59 Å². The standard InChI is InChI=1S/C17H22N4O2S/c1-12(2)6-16(22)20-9-13-7-18-11-21(13)15(10-20)17(23)19-8-14-4-3-5-24-14/h3-5,7,11-12,15H,6,8-10H2,1-2H3,(H,19,23)/t15-/m0/s1. The Kier molecular flexibility index (Phi) is 4.99. The number of fused-ring (bicyclic) bond motifs is 1. The van der Waals surface area contributed by atoms with Crippen molar-refractivity contribution in [3.05, 3.63) is 40.6 Å². The maximum Gasteiger partial charge on any atom is 0.245 e. The minimum atomic E-state index is -0.424. The summed E-state index contributed by atoms with van der Waals surface area (Å²) in [4.78, 5) is 32.1. The number of hydrogen-bond donors (Lipinski definition) is 1. The minimum absolute atomic E-state index is 0.0790. The van der Waals surface area contributed by atoms with E-state index >= 15 is 0 Å². The largest absolute Gasteiger partial charge is 0.349 e. The fraction of sp³-hybridized carbons (Fsp3) is 0.471. The Bertz CT molecular complexity index is 708. The highest BCUT2D eigenvalue weighted by atomic mass is 32.1. The molecule has 3 rings (SSSR count). The van der Waals surface area contributed by atoms with E-state index < -0.39 is 6.04 Å². The Morgan fingerprint density at radius 3 is 3.00 bits per heavy atom. The first-order valence-electron chi connectivity index (χ1n) is 8.13. The molecule has 24 heavy (non-hydrogen) atoms. The van der Waals surface area contributed by atoms with E-state index in [1.807, 2.05) is 35.9 Å². The monoisotopic (exact) mass is 346 g/mol. The van der Waals surface area contributed by atoms with E-state index in [9.17, 15) is 9.59 Å². The summed E-state index contributed by atoms with van der Waals surface area (Å²) in [6.07, 6.45) is 3.90. The molecule has 0 unspecified atom stereocenters. The van der Waals surface area contributed by atoms with Crippen molar-refractivity contribution in [3.8, 4) is 0 Å². The van der Waals surface area contributed by atoms with Gasteiger partial charge in [-0.15, -0.1) is 11.3 Å². The molecule has 2 amide bonds. The van der Waals surface area contributed by atoms with Crippen LogP contribution in [0.3, 0.4) is 0 Å². The minimum Gasteiger partial charge on any atom is -0.349 e. The first-order chi connectivity index (χ1) is 11.5. The number of rotatable bonds is 5. The van der Waals surface area contributed by atoms with Crippen LogP contribution in [0.1, 0.15) is 36.9 Å². The number of hydrogen-bond acceptors (Lipinski definition) is 4. The molecular weight excluding hydrogens is 324 g/mol. The lowest BCUT2D eigenvalue weighted by molar-refractivity contribution is -0.136. The van der Waals surface area contributed by atoms with Crippen LogP contribution in [0.25, 0.3) is 0 Å². The van der Waals surface area contributed by atoms with E-state index in [4.69, 9.17) is 0 Å². The van der Waals surface area contributed by atoms with E-state index in [0.29, 0.717) is 32.0 Å². The Balaban J connectivity index is 1.71. The number of nitrogens with zero attached hydrogens (tertiary/aromatic N) is 3. The molecule has 0 aliphatic carbocycles. The van der Waals surface area contributed by atoms with Crippen LogP contribution in [0.15, 0.2) is 30.0 Å². The van der Waals surface area contributed by atoms with Crippen molar-refractivity contribution in [3.63, 3.8) is 0 Å². The zero-order valence-corrected chi connectivity index (χ0v) is 14.8. The van der Waals surface area contributed by atoms with Crippen LogP contribution in [0.4, 0.5) is 0 Å². The molecule has 7 heteroatoms. The Labute approximate surface area is 145 Å². The molecule has 0 bridgehead atoms. The van der Waals surface area contributed by atoms with Gasteiger partial charge < -0.3 is 14.8 Å². The van der Waals surface area contributed by atoms with Crippen LogP contribution in [0.2, 0.25) is 0 Å². The van der Waals surface area contributed by atoms with Crippen molar-refractivity contribution in [2.75, 3.05) is 6.54 Å². The van der Waals surface area contributed by atoms with Crippen molar-refractivity contribution in [2.24, 2.45) is 5.92 Å². The second-order valence-corrected chi connectivity index (χ2v) is 7.51. The number of thiophene rings is 1. The quantitative estimate of drug-likeness (QED) is 0.902. The van der Waals surface area contributed by atoms with Crippen molar-refractivity contribution in [1.82, 2.24) is 19.8 Å². The number of nitrogens with one attached hydrogen (secondary N) is 1. The second-order valence-electron chi connectivity index (χ2n) is 6.48. The molecule has 0 spiro atoms. The molecule has 1 aliphatic heterocycles. The summed E-state index contributed by atoms with van der Waals surface area (Å²) in [6.45, 7) is 5.47. The first kappa shape index (κ1) is 16.7. The zero-order valence-electron chi connectivity index (χ0n) is 13.9. The third-order valence-corrected chi connectivity index (χ3v) is 4.96. The molecule has 3 heterocycles. The summed E-state index contributed by atoms with van der Waals surface area (Å²) < 4.78 is 1.88. The topological polar surface area (TPSA) is 67.2 Å². The highest BCUT2D eigenvalue weighted by Gasteiger charge is 2.32. The lowest BCUT2D eigenvalue weighted by atomic mass is 10.1. The van der Waals surface area contributed by atoms with Gasteiger partial charge in [0.1, 0.15) is 6.04 Å². The predicted molar refractivity (Wildman–Crippen MR) is 92.3 cm³/mol. The van der Waals surface area contributed by atoms with Crippen LogP contribution >= 0.6 is 11.3 Å². The van der Waals surface area contributed by atoms with E-state index in [0.717, 1.165) is 10.6 Å². The Hall–Kier alpha value is -2.15. The summed E-state index contributed by atoms with van der Waals surface area (Å²) >= 11 is 1.61. The summed E-state index contributed by atoms with van der Waals surface area (Å²) in [5, 5.41) is 4.96. The molecule has 0 fully saturated rings. The van der Waals surface area contributed by atoms with Crippen molar-refractivity contribution >= 4 is 23.2 Å². The number of carbonyl (C=O) groups excluding carboxylic acids is 2. The lowest BCUT2D eigenvalue weighted by Gasteiger charge is -2.34. The lowest BCUT2D eigenvalue weighted by Crippen LogP contribution is -2.46. The summed E-state index contributed by atoms with van der Waals surface area (Å²) in [5.74, 6) is 0.314. The molecule has 1 atom stereocenters. The van der Waals surface area contributed by atoms with Crippen LogP contribution in [0.5, 0.6) is 0 Å². The van der Waals surface area contributed by atoms with Crippen LogP contribution < -0.4 is 5.32 Å². The number of amides is 2. The van der Waals surface area contributed by atoms with Gasteiger partial charge in [0.25, 0.3) is 0 Å². The molecule has 0 aromatic carbocycles. The molecular formula is C17H22N4O2S. The molecule has 0 saturated carbocycles. The summed E-state index contributed by atoms with van der Waals surface area (Å²) in [6, 6.07) is 3.53. The van der Waals surface area contributed by atoms with Crippen molar-refractivity contribution in [1.29, 1.82) is 0 Å². The number of aromatic nitrogens is 2. The summed E-state index contributed by atoms with van der Waals surface area (Å²) in [7, 11) is 0. The average Bonchev–Trinajstić information content (AvgIpc) is 3.21. The molecule has 6 nitrogen and oxygen atoms in total. The normalized spacial score (nSPS) is 17.0. The van der Waals surface area contributed by atoms with Crippen LogP contribution in [-0.4, -0.2) is 32.8 Å². The van der Waals surface area contributed by atoms with E-state index in [-0.39, 0.29) is 11.8 Å². The van der Waals surface area contributed by atoms with E-state index in [1.165, 1.54) is 0 Å². The maximum atomic E-state index is 12.7. The Morgan fingerprint density at radius 2 is 2.29 bits per heavy atom. The number of imidazole rings is 1. The maximum absolute atomic E-state index is 12.7. The molecule has 0 radical (unpaired) electrons. The second kappa shape index (κ2) is 7.17. The van der Waals surface area contributed by atoms with Gasteiger partial charge in [-0.1, -0.05) is 19.9 Å². The molecule has 0 saturated heterocycles. The van der Waals surface area contributed by atoms with Crippen molar-refractivity contribution in [2.45, 2.75) is 39.4 Å². The third kappa shape index (κ3) is 3.67. The fourth-order valence-electron chi connectivity index (χ4n) is 2.87. The smallest absolute Gasteiger partial charge is 0.245 e. The van der Waals surface area contributed by atoms with Gasteiger partial charge in [0, 0.05) is 17.5 Å². The predicted octanol–water partition coefficient (Wildman–Crippen LogP) is 2.19.